The molecule has 3 rings (SSSR count). The van der Waals surface area contributed by atoms with Crippen LogP contribution in [0.4, 0.5) is 0 Å². The van der Waals surface area contributed by atoms with E-state index in [1.54, 1.807) is 18.3 Å². The third-order valence-electron chi connectivity index (χ3n) is 3.28. The van der Waals surface area contributed by atoms with Gasteiger partial charge < -0.3 is 4.98 Å². The quantitative estimate of drug-likeness (QED) is 0.562. The predicted molar refractivity (Wildman–Crippen MR) is 89.2 cm³/mol. The molecule has 5 heteroatoms. The number of aromatic amines is 1. The van der Waals surface area contributed by atoms with Gasteiger partial charge in [0.15, 0.2) is 0 Å². The zero-order chi connectivity index (χ0) is 15.4. The number of para-hydroxylation sites is 1. The number of benzene rings is 2. The third-order valence-corrected chi connectivity index (χ3v) is 3.51. The van der Waals surface area contributed by atoms with Gasteiger partial charge in [-0.1, -0.05) is 41.9 Å². The van der Waals surface area contributed by atoms with E-state index in [0.717, 1.165) is 22.0 Å². The first-order valence-corrected chi connectivity index (χ1v) is 7.22. The van der Waals surface area contributed by atoms with Crippen molar-refractivity contribution in [2.75, 3.05) is 0 Å². The number of aromatic nitrogens is 1. The van der Waals surface area contributed by atoms with Crippen LogP contribution in [0.3, 0.4) is 0 Å². The summed E-state index contributed by atoms with van der Waals surface area (Å²) in [5.41, 5.74) is 5.33. The van der Waals surface area contributed by atoms with E-state index in [2.05, 4.69) is 15.5 Å². The van der Waals surface area contributed by atoms with Crippen LogP contribution in [0.15, 0.2) is 59.8 Å². The van der Waals surface area contributed by atoms with Crippen molar-refractivity contribution in [1.82, 2.24) is 10.4 Å². The number of nitrogens with one attached hydrogen (secondary N) is 2. The van der Waals surface area contributed by atoms with Crippen LogP contribution in [0.5, 0.6) is 0 Å². The highest BCUT2D eigenvalue weighted by Gasteiger charge is 2.07. The summed E-state index contributed by atoms with van der Waals surface area (Å²) in [6.07, 6.45) is 3.70. The molecule has 2 N–H and O–H groups in total. The van der Waals surface area contributed by atoms with Crippen molar-refractivity contribution in [3.63, 3.8) is 0 Å². The minimum atomic E-state index is -0.164. The summed E-state index contributed by atoms with van der Waals surface area (Å²) in [5, 5.41) is 5.64. The van der Waals surface area contributed by atoms with Gasteiger partial charge in [-0.15, -0.1) is 0 Å². The van der Waals surface area contributed by atoms with E-state index in [1.165, 1.54) is 0 Å². The number of H-pyrrole nitrogens is 1. The van der Waals surface area contributed by atoms with E-state index in [0.29, 0.717) is 5.02 Å². The molecule has 0 fully saturated rings. The first kappa shape index (κ1) is 14.4. The van der Waals surface area contributed by atoms with Crippen molar-refractivity contribution in [3.8, 4) is 0 Å². The molecule has 0 saturated heterocycles. The van der Waals surface area contributed by atoms with Gasteiger partial charge in [-0.2, -0.15) is 5.10 Å². The van der Waals surface area contributed by atoms with Crippen LogP contribution in [-0.2, 0) is 11.2 Å². The second-order valence-corrected chi connectivity index (χ2v) is 5.32. The SMILES string of the molecule is O=C(Cc1c[nH]c2ccccc12)N/N=C\c1cccc(Cl)c1. The number of hydrogen-bond donors (Lipinski definition) is 2. The van der Waals surface area contributed by atoms with Crippen LogP contribution < -0.4 is 5.43 Å². The van der Waals surface area contributed by atoms with Crippen molar-refractivity contribution in [1.29, 1.82) is 0 Å². The smallest absolute Gasteiger partial charge is 0.244 e. The zero-order valence-corrected chi connectivity index (χ0v) is 12.5. The molecule has 1 aromatic heterocycles. The summed E-state index contributed by atoms with van der Waals surface area (Å²) in [7, 11) is 0. The maximum absolute atomic E-state index is 11.9. The van der Waals surface area contributed by atoms with Crippen molar-refractivity contribution in [2.24, 2.45) is 5.10 Å². The fraction of sp³-hybridized carbons (Fsp3) is 0.0588. The van der Waals surface area contributed by atoms with Gasteiger partial charge in [0, 0.05) is 22.1 Å². The maximum Gasteiger partial charge on any atom is 0.244 e. The molecule has 4 nitrogen and oxygen atoms in total. The summed E-state index contributed by atoms with van der Waals surface area (Å²) in [6, 6.07) is 15.1. The molecule has 0 saturated carbocycles. The molecule has 0 radical (unpaired) electrons. The molecule has 0 unspecified atom stereocenters. The van der Waals surface area contributed by atoms with Crippen LogP contribution in [-0.4, -0.2) is 17.1 Å². The highest BCUT2D eigenvalue weighted by Crippen LogP contribution is 2.17. The lowest BCUT2D eigenvalue weighted by molar-refractivity contribution is -0.120. The van der Waals surface area contributed by atoms with Gasteiger partial charge in [-0.25, -0.2) is 5.43 Å². The second kappa shape index (κ2) is 6.45. The van der Waals surface area contributed by atoms with Gasteiger partial charge in [0.2, 0.25) is 5.91 Å². The molecule has 110 valence electrons. The fourth-order valence-electron chi connectivity index (χ4n) is 2.26. The Morgan fingerprint density at radius 1 is 1.23 bits per heavy atom. The van der Waals surface area contributed by atoms with Gasteiger partial charge in [-0.3, -0.25) is 4.79 Å². The molecule has 0 aliphatic heterocycles. The van der Waals surface area contributed by atoms with E-state index in [1.807, 2.05) is 42.6 Å². The van der Waals surface area contributed by atoms with E-state index >= 15 is 0 Å². The Bertz CT molecular complexity index is 839. The van der Waals surface area contributed by atoms with Crippen molar-refractivity contribution < 1.29 is 4.79 Å². The number of nitrogens with zero attached hydrogens (tertiary/aromatic N) is 1. The van der Waals surface area contributed by atoms with Crippen molar-refractivity contribution >= 4 is 34.6 Å². The summed E-state index contributed by atoms with van der Waals surface area (Å²) in [4.78, 5) is 15.1. The highest BCUT2D eigenvalue weighted by atomic mass is 35.5. The van der Waals surface area contributed by atoms with E-state index in [9.17, 15) is 4.79 Å². The molecule has 22 heavy (non-hydrogen) atoms. The lowest BCUT2D eigenvalue weighted by Gasteiger charge is -1.99. The maximum atomic E-state index is 11.9. The van der Waals surface area contributed by atoms with Gasteiger partial charge in [0.1, 0.15) is 0 Å². The Balaban J connectivity index is 1.63. The number of halogens is 1. The number of hydrazone groups is 1. The standard InChI is InChI=1S/C17H14ClN3O/c18-14-5-3-4-12(8-14)10-20-21-17(22)9-13-11-19-16-7-2-1-6-15(13)16/h1-8,10-11,19H,9H2,(H,21,22)/b20-10-. The lowest BCUT2D eigenvalue weighted by Crippen LogP contribution is -2.19. The van der Waals surface area contributed by atoms with E-state index in [-0.39, 0.29) is 12.3 Å². The largest absolute Gasteiger partial charge is 0.361 e. The van der Waals surface area contributed by atoms with Crippen LogP contribution in [0.1, 0.15) is 11.1 Å². The summed E-state index contributed by atoms with van der Waals surface area (Å²) in [6.45, 7) is 0. The second-order valence-electron chi connectivity index (χ2n) is 4.88. The molecule has 2 aromatic carbocycles. The van der Waals surface area contributed by atoms with Crippen LogP contribution in [0.25, 0.3) is 10.9 Å². The average molecular weight is 312 g/mol. The summed E-state index contributed by atoms with van der Waals surface area (Å²) < 4.78 is 0. The molecular formula is C17H14ClN3O. The number of fused-ring (bicyclic) bond motifs is 1. The van der Waals surface area contributed by atoms with Crippen LogP contribution in [0.2, 0.25) is 5.02 Å². The molecule has 3 aromatic rings. The topological polar surface area (TPSA) is 57.2 Å². The molecule has 1 heterocycles. The van der Waals surface area contributed by atoms with Crippen LogP contribution in [0, 0.1) is 0 Å². The first-order valence-electron chi connectivity index (χ1n) is 6.85. The highest BCUT2D eigenvalue weighted by molar-refractivity contribution is 6.30. The monoisotopic (exact) mass is 311 g/mol. The van der Waals surface area contributed by atoms with Gasteiger partial charge in [0.05, 0.1) is 12.6 Å². The van der Waals surface area contributed by atoms with Gasteiger partial charge >= 0.3 is 0 Å². The minimum absolute atomic E-state index is 0.164. The predicted octanol–water partition coefficient (Wildman–Crippen LogP) is 3.51. The molecule has 0 atom stereocenters. The van der Waals surface area contributed by atoms with Gasteiger partial charge in [0.25, 0.3) is 0 Å². The number of hydrogen-bond acceptors (Lipinski definition) is 2. The normalized spacial score (nSPS) is 11.1. The fourth-order valence-corrected chi connectivity index (χ4v) is 2.45. The first-order chi connectivity index (χ1) is 10.7. The van der Waals surface area contributed by atoms with Crippen LogP contribution >= 0.6 is 11.6 Å². The van der Waals surface area contributed by atoms with E-state index < -0.39 is 0 Å². The number of carbonyl (C=O) groups excluding carboxylic acids is 1. The molecule has 0 aliphatic rings. The Labute approximate surface area is 132 Å². The molecule has 0 aliphatic carbocycles. The lowest BCUT2D eigenvalue weighted by atomic mass is 10.1. The minimum Gasteiger partial charge on any atom is -0.361 e. The average Bonchev–Trinajstić information content (AvgIpc) is 2.91. The number of amides is 1. The summed E-state index contributed by atoms with van der Waals surface area (Å²) in [5.74, 6) is -0.164. The molecule has 0 bridgehead atoms. The van der Waals surface area contributed by atoms with Crippen molar-refractivity contribution in [3.05, 3.63) is 70.9 Å². The molecular weight excluding hydrogens is 298 g/mol. The summed E-state index contributed by atoms with van der Waals surface area (Å²) >= 11 is 5.88. The van der Waals surface area contributed by atoms with Gasteiger partial charge in [-0.05, 0) is 29.3 Å². The third kappa shape index (κ3) is 3.35. The van der Waals surface area contributed by atoms with Crippen molar-refractivity contribution in [2.45, 2.75) is 6.42 Å². The number of rotatable bonds is 4. The Morgan fingerprint density at radius 2 is 2.09 bits per heavy atom. The molecule has 1 amide bonds. The number of carbonyl (C=O) groups is 1. The van der Waals surface area contributed by atoms with E-state index in [4.69, 9.17) is 11.6 Å². The Morgan fingerprint density at radius 3 is 2.95 bits per heavy atom. The Kier molecular flexibility index (Phi) is 4.21. The molecule has 0 spiro atoms. The zero-order valence-electron chi connectivity index (χ0n) is 11.7. The Hall–Kier alpha value is -2.59.